The lowest BCUT2D eigenvalue weighted by Crippen LogP contribution is -2.53. The van der Waals surface area contributed by atoms with Crippen molar-refractivity contribution in [3.8, 4) is 17.2 Å². The van der Waals surface area contributed by atoms with Crippen molar-refractivity contribution in [2.45, 2.75) is 30.7 Å². The van der Waals surface area contributed by atoms with E-state index in [2.05, 4.69) is 5.43 Å². The minimum atomic E-state index is -1.60. The Balaban J connectivity index is 1.34. The number of nitrogens with zero attached hydrogens (tertiary/aromatic N) is 2. The zero-order valence-electron chi connectivity index (χ0n) is 28.0. The molecular weight excluding hydrogens is 709 g/mol. The summed E-state index contributed by atoms with van der Waals surface area (Å²) in [6.07, 6.45) is 2.30. The predicted molar refractivity (Wildman–Crippen MR) is 190 cm³/mol. The van der Waals surface area contributed by atoms with E-state index in [1.807, 2.05) is 23.6 Å². The Hall–Kier alpha value is -5.20. The van der Waals surface area contributed by atoms with Gasteiger partial charge in [0.2, 0.25) is 17.6 Å². The molecule has 6 atom stereocenters. The van der Waals surface area contributed by atoms with Gasteiger partial charge in [-0.15, -0.1) is 11.3 Å². The fraction of sp³-hybridized carbons (Fsp3) is 0.282. The number of halogens is 2. The first-order valence-electron chi connectivity index (χ1n) is 16.8. The number of thiophene rings is 1. The first-order valence-corrected chi connectivity index (χ1v) is 18.0. The molecule has 3 fully saturated rings. The van der Waals surface area contributed by atoms with E-state index in [4.69, 9.17) is 21.1 Å². The third-order valence-corrected chi connectivity index (χ3v) is 12.2. The second kappa shape index (κ2) is 12.8. The summed E-state index contributed by atoms with van der Waals surface area (Å²) in [6, 6.07) is 19.0. The molecule has 2 saturated heterocycles. The van der Waals surface area contributed by atoms with Gasteiger partial charge in [0.25, 0.3) is 11.8 Å². The van der Waals surface area contributed by atoms with Crippen LogP contribution in [0.5, 0.6) is 17.2 Å². The number of methoxy groups -OCH3 is 2. The number of anilines is 1. The summed E-state index contributed by atoms with van der Waals surface area (Å²) in [5, 5.41) is 14.3. The highest BCUT2D eigenvalue weighted by Gasteiger charge is 2.70. The lowest BCUT2D eigenvalue weighted by atomic mass is 9.49. The number of aromatic hydroxyl groups is 1. The lowest BCUT2D eigenvalue weighted by Gasteiger charge is -2.50. The molecule has 1 aromatic heterocycles. The Bertz CT molecular complexity index is 2120. The van der Waals surface area contributed by atoms with E-state index in [1.165, 1.54) is 54.7 Å². The van der Waals surface area contributed by atoms with Crippen LogP contribution in [0.15, 0.2) is 89.8 Å². The zero-order chi connectivity index (χ0) is 36.5. The Kier molecular flexibility index (Phi) is 8.34. The molecule has 8 rings (SSSR count). The number of ether oxygens (including phenoxy) is 2. The number of carbonyl (C=O) groups is 4. The number of hydrogen-bond acceptors (Lipinski definition) is 9. The number of fused-ring (bicyclic) bond motifs is 4. The van der Waals surface area contributed by atoms with Crippen LogP contribution in [0.25, 0.3) is 0 Å². The zero-order valence-corrected chi connectivity index (χ0v) is 29.6. The van der Waals surface area contributed by atoms with Crippen molar-refractivity contribution in [3.05, 3.63) is 117 Å². The van der Waals surface area contributed by atoms with Crippen molar-refractivity contribution in [1.82, 2.24) is 9.91 Å². The van der Waals surface area contributed by atoms with Crippen molar-refractivity contribution in [2.24, 2.45) is 23.7 Å². The number of allylic oxidation sites excluding steroid dienone is 2. The molecule has 10 nitrogen and oxygen atoms in total. The molecule has 13 heteroatoms. The van der Waals surface area contributed by atoms with Gasteiger partial charge < -0.3 is 14.6 Å². The van der Waals surface area contributed by atoms with E-state index in [1.54, 1.807) is 36.4 Å². The third-order valence-electron chi connectivity index (χ3n) is 11.1. The molecule has 6 unspecified atom stereocenters. The number of imide groups is 2. The third kappa shape index (κ3) is 5.02. The number of phenols is 1. The van der Waals surface area contributed by atoms with Gasteiger partial charge in [0.15, 0.2) is 11.5 Å². The summed E-state index contributed by atoms with van der Waals surface area (Å²) in [7, 11) is 2.79. The average Bonchev–Trinajstić information content (AvgIpc) is 3.81. The Morgan fingerprint density at radius 2 is 1.63 bits per heavy atom. The van der Waals surface area contributed by atoms with Gasteiger partial charge in [-0.25, -0.2) is 4.39 Å². The molecule has 2 aliphatic carbocycles. The Morgan fingerprint density at radius 3 is 2.27 bits per heavy atom. The van der Waals surface area contributed by atoms with Crippen LogP contribution in [-0.4, -0.2) is 52.9 Å². The standard InChI is InChI=1S/C39H33ClFN3O7S/c1-50-30-16-20(17-31(51-2)34(30)45)33-26-13-14-27-32(37(48)43(35(27)46)19-25-4-3-15-52-25)28(26)18-29-36(47)44(42-24-11-9-23(41)10-12-24)38(49)39(29,33)21-5-7-22(40)8-6-21/h3-13,15-17,27-29,32-33,42,45H,14,18-19H2,1-2H3. The Labute approximate surface area is 307 Å². The average molecular weight is 742 g/mol. The van der Waals surface area contributed by atoms with Gasteiger partial charge in [-0.05, 0) is 89.9 Å². The molecule has 3 aromatic carbocycles. The highest BCUT2D eigenvalue weighted by molar-refractivity contribution is 7.09. The number of carbonyl (C=O) groups excluding carboxylic acids is 4. The van der Waals surface area contributed by atoms with Crippen LogP contribution in [0, 0.1) is 29.5 Å². The molecule has 2 aliphatic heterocycles. The van der Waals surface area contributed by atoms with Crippen molar-refractivity contribution in [2.75, 3.05) is 19.6 Å². The fourth-order valence-electron chi connectivity index (χ4n) is 8.89. The van der Waals surface area contributed by atoms with Crippen LogP contribution >= 0.6 is 22.9 Å². The van der Waals surface area contributed by atoms with E-state index in [9.17, 15) is 23.9 Å². The number of nitrogens with one attached hydrogen (secondary N) is 1. The molecule has 2 N–H and O–H groups in total. The van der Waals surface area contributed by atoms with Crippen molar-refractivity contribution < 1.29 is 38.1 Å². The van der Waals surface area contributed by atoms with Crippen LogP contribution in [0.3, 0.4) is 0 Å². The van der Waals surface area contributed by atoms with Gasteiger partial charge in [0, 0.05) is 15.8 Å². The summed E-state index contributed by atoms with van der Waals surface area (Å²) < 4.78 is 25.0. The van der Waals surface area contributed by atoms with Crippen LogP contribution in [0.4, 0.5) is 10.1 Å². The van der Waals surface area contributed by atoms with Gasteiger partial charge >= 0.3 is 0 Å². The normalized spacial score (nSPS) is 26.5. The maximum Gasteiger partial charge on any atom is 0.260 e. The molecule has 3 heterocycles. The van der Waals surface area contributed by atoms with Gasteiger partial charge in [0.1, 0.15) is 5.82 Å². The maximum atomic E-state index is 15.3. The fourth-order valence-corrected chi connectivity index (χ4v) is 9.71. The van der Waals surface area contributed by atoms with Crippen LogP contribution in [-0.2, 0) is 31.1 Å². The quantitative estimate of drug-likeness (QED) is 0.156. The molecule has 0 spiro atoms. The van der Waals surface area contributed by atoms with Crippen LogP contribution in [0.2, 0.25) is 5.02 Å². The monoisotopic (exact) mass is 741 g/mol. The summed E-state index contributed by atoms with van der Waals surface area (Å²) in [4.78, 5) is 60.6. The van der Waals surface area contributed by atoms with E-state index in [0.717, 1.165) is 15.5 Å². The number of phenolic OH excluding ortho intramolecular Hbond substituents is 1. The molecule has 4 aromatic rings. The number of amides is 4. The summed E-state index contributed by atoms with van der Waals surface area (Å²) >= 11 is 7.83. The van der Waals surface area contributed by atoms with E-state index >= 15 is 4.79 Å². The molecular formula is C39H33ClFN3O7S. The molecule has 1 saturated carbocycles. The van der Waals surface area contributed by atoms with Gasteiger partial charge in [-0.3, -0.25) is 29.5 Å². The van der Waals surface area contributed by atoms with Crippen molar-refractivity contribution >= 4 is 52.3 Å². The molecule has 0 bridgehead atoms. The van der Waals surface area contributed by atoms with Gasteiger partial charge in [-0.2, -0.15) is 5.01 Å². The van der Waals surface area contributed by atoms with Crippen molar-refractivity contribution in [3.63, 3.8) is 0 Å². The first kappa shape index (κ1) is 33.9. The predicted octanol–water partition coefficient (Wildman–Crippen LogP) is 6.45. The molecule has 4 aliphatic rings. The highest BCUT2D eigenvalue weighted by Crippen LogP contribution is 2.65. The molecule has 266 valence electrons. The molecule has 52 heavy (non-hydrogen) atoms. The summed E-state index contributed by atoms with van der Waals surface area (Å²) in [6.45, 7) is 0.158. The van der Waals surface area contributed by atoms with Gasteiger partial charge in [-0.1, -0.05) is 41.4 Å². The second-order valence-electron chi connectivity index (χ2n) is 13.5. The van der Waals surface area contributed by atoms with Gasteiger partial charge in [0.05, 0.1) is 49.6 Å². The minimum absolute atomic E-state index is 0.0841. The number of likely N-dealkylation sites (tertiary alicyclic amines) is 1. The molecule has 0 radical (unpaired) electrons. The number of hydrogen-bond donors (Lipinski definition) is 2. The first-order chi connectivity index (χ1) is 25.1. The smallest absolute Gasteiger partial charge is 0.260 e. The SMILES string of the molecule is COc1cc(C2C3=CCC4C(=O)N(Cc5cccs5)C(=O)C4C3CC3C(=O)N(Nc4ccc(F)cc4)C(=O)C32c2ccc(Cl)cc2)cc(OC)c1O. The van der Waals surface area contributed by atoms with Crippen LogP contribution < -0.4 is 14.9 Å². The topological polar surface area (TPSA) is 125 Å². The van der Waals surface area contributed by atoms with E-state index < -0.39 is 52.6 Å². The van der Waals surface area contributed by atoms with Crippen LogP contribution in [0.1, 0.15) is 34.8 Å². The number of rotatable bonds is 8. The number of benzene rings is 3. The number of hydrazine groups is 1. The minimum Gasteiger partial charge on any atom is -0.502 e. The Morgan fingerprint density at radius 1 is 0.942 bits per heavy atom. The van der Waals surface area contributed by atoms with E-state index in [-0.39, 0.29) is 48.4 Å². The van der Waals surface area contributed by atoms with E-state index in [0.29, 0.717) is 21.8 Å². The second-order valence-corrected chi connectivity index (χ2v) is 15.0. The molecule has 4 amide bonds. The lowest BCUT2D eigenvalue weighted by molar-refractivity contribution is -0.141. The van der Waals surface area contributed by atoms with Crippen molar-refractivity contribution in [1.29, 1.82) is 0 Å². The maximum absolute atomic E-state index is 15.3. The highest BCUT2D eigenvalue weighted by atomic mass is 35.5. The summed E-state index contributed by atoms with van der Waals surface area (Å²) in [5.41, 5.74) is 3.39. The summed E-state index contributed by atoms with van der Waals surface area (Å²) in [5.74, 6) is -6.15. The largest absolute Gasteiger partial charge is 0.502 e.